The number of hydrogen-bond acceptors (Lipinski definition) is 2. The highest BCUT2D eigenvalue weighted by Crippen LogP contribution is 2.22. The summed E-state index contributed by atoms with van der Waals surface area (Å²) >= 11 is 5.95. The third-order valence-electron chi connectivity index (χ3n) is 2.22. The number of carbonyl (C=O) groups is 1. The van der Waals surface area contributed by atoms with Gasteiger partial charge >= 0.3 is 0 Å². The molecule has 0 heterocycles. The molecule has 0 radical (unpaired) electrons. The van der Waals surface area contributed by atoms with E-state index < -0.39 is 0 Å². The molecular formula is C11H14ClNO2. The molecule has 0 fully saturated rings. The van der Waals surface area contributed by atoms with E-state index in [1.807, 2.05) is 6.92 Å². The Morgan fingerprint density at radius 1 is 1.53 bits per heavy atom. The molecule has 0 aliphatic rings. The van der Waals surface area contributed by atoms with Crippen molar-refractivity contribution in [3.63, 3.8) is 0 Å². The second kappa shape index (κ2) is 5.03. The van der Waals surface area contributed by atoms with Crippen molar-refractivity contribution in [1.29, 1.82) is 0 Å². The molecule has 1 aromatic rings. The third kappa shape index (κ3) is 3.13. The van der Waals surface area contributed by atoms with E-state index in [2.05, 4.69) is 0 Å². The van der Waals surface area contributed by atoms with E-state index in [0.29, 0.717) is 18.1 Å². The average Bonchev–Trinajstić information content (AvgIpc) is 2.18. The molecule has 1 rings (SSSR count). The second-order valence-corrected chi connectivity index (χ2v) is 3.72. The van der Waals surface area contributed by atoms with Crippen LogP contribution in [-0.4, -0.2) is 22.5 Å². The summed E-state index contributed by atoms with van der Waals surface area (Å²) in [4.78, 5) is 12.8. The highest BCUT2D eigenvalue weighted by atomic mass is 35.5. The van der Waals surface area contributed by atoms with Crippen molar-refractivity contribution in [2.75, 3.05) is 6.54 Å². The number of phenols is 1. The van der Waals surface area contributed by atoms with E-state index in [0.717, 1.165) is 5.56 Å². The first-order valence-corrected chi connectivity index (χ1v) is 5.15. The summed E-state index contributed by atoms with van der Waals surface area (Å²) in [5.74, 6) is 0.158. The fourth-order valence-corrected chi connectivity index (χ4v) is 1.51. The first-order valence-electron chi connectivity index (χ1n) is 4.77. The Hall–Kier alpha value is -1.22. The van der Waals surface area contributed by atoms with Crippen LogP contribution in [0.1, 0.15) is 19.4 Å². The minimum absolute atomic E-state index is 0.00286. The molecular weight excluding hydrogens is 214 g/mol. The Bertz CT molecular complexity index is 366. The van der Waals surface area contributed by atoms with Gasteiger partial charge in [-0.25, -0.2) is 0 Å². The molecule has 82 valence electrons. The number of nitrogens with zero attached hydrogens (tertiary/aromatic N) is 1. The number of amides is 1. The number of benzene rings is 1. The summed E-state index contributed by atoms with van der Waals surface area (Å²) in [5.41, 5.74) is 0.758. The summed E-state index contributed by atoms with van der Waals surface area (Å²) in [7, 11) is 0. The highest BCUT2D eigenvalue weighted by Gasteiger charge is 2.09. The molecule has 1 aromatic carbocycles. The van der Waals surface area contributed by atoms with Gasteiger partial charge in [-0.2, -0.15) is 0 Å². The number of hydrogen-bond donors (Lipinski definition) is 1. The van der Waals surface area contributed by atoms with Crippen molar-refractivity contribution in [1.82, 2.24) is 4.90 Å². The summed E-state index contributed by atoms with van der Waals surface area (Å²) < 4.78 is 0. The van der Waals surface area contributed by atoms with Gasteiger partial charge in [0.25, 0.3) is 0 Å². The van der Waals surface area contributed by atoms with Gasteiger partial charge in [-0.3, -0.25) is 4.79 Å². The zero-order chi connectivity index (χ0) is 11.4. The zero-order valence-electron chi connectivity index (χ0n) is 8.83. The van der Waals surface area contributed by atoms with E-state index in [9.17, 15) is 9.90 Å². The Morgan fingerprint density at radius 2 is 2.20 bits per heavy atom. The minimum Gasteiger partial charge on any atom is -0.508 e. The summed E-state index contributed by atoms with van der Waals surface area (Å²) in [5, 5.41) is 9.86. The Labute approximate surface area is 94.3 Å². The lowest BCUT2D eigenvalue weighted by molar-refractivity contribution is -0.129. The monoisotopic (exact) mass is 227 g/mol. The lowest BCUT2D eigenvalue weighted by Crippen LogP contribution is -2.27. The van der Waals surface area contributed by atoms with Crippen LogP contribution in [0.3, 0.4) is 0 Å². The predicted molar refractivity (Wildman–Crippen MR) is 59.9 cm³/mol. The molecule has 0 aromatic heterocycles. The Morgan fingerprint density at radius 3 is 2.73 bits per heavy atom. The summed E-state index contributed by atoms with van der Waals surface area (Å²) in [6, 6.07) is 4.73. The summed E-state index contributed by atoms with van der Waals surface area (Å²) in [6.07, 6.45) is 0. The van der Waals surface area contributed by atoms with Crippen LogP contribution in [0, 0.1) is 0 Å². The van der Waals surface area contributed by atoms with Gasteiger partial charge in [-0.15, -0.1) is 0 Å². The molecule has 0 saturated carbocycles. The smallest absolute Gasteiger partial charge is 0.219 e. The molecule has 4 heteroatoms. The van der Waals surface area contributed by atoms with Gasteiger partial charge in [0, 0.05) is 25.0 Å². The average molecular weight is 228 g/mol. The van der Waals surface area contributed by atoms with Crippen molar-refractivity contribution in [2.24, 2.45) is 0 Å². The quantitative estimate of drug-likeness (QED) is 0.862. The number of halogens is 1. The maximum atomic E-state index is 11.2. The van der Waals surface area contributed by atoms with Gasteiger partial charge in [0.1, 0.15) is 5.75 Å². The van der Waals surface area contributed by atoms with Crippen molar-refractivity contribution in [2.45, 2.75) is 20.4 Å². The van der Waals surface area contributed by atoms with Gasteiger partial charge in [-0.1, -0.05) is 11.6 Å². The maximum Gasteiger partial charge on any atom is 0.219 e. The van der Waals surface area contributed by atoms with Gasteiger partial charge in [0.05, 0.1) is 0 Å². The molecule has 0 unspecified atom stereocenters. The molecule has 1 N–H and O–H groups in total. The highest BCUT2D eigenvalue weighted by molar-refractivity contribution is 6.31. The molecule has 0 atom stereocenters. The van der Waals surface area contributed by atoms with Crippen LogP contribution < -0.4 is 0 Å². The first kappa shape index (κ1) is 11.9. The minimum atomic E-state index is -0.00286. The van der Waals surface area contributed by atoms with Crippen LogP contribution in [0.2, 0.25) is 5.02 Å². The van der Waals surface area contributed by atoms with Crippen LogP contribution in [0.5, 0.6) is 5.75 Å². The summed E-state index contributed by atoms with van der Waals surface area (Å²) in [6.45, 7) is 4.47. The lowest BCUT2D eigenvalue weighted by atomic mass is 10.2. The van der Waals surface area contributed by atoms with Crippen molar-refractivity contribution in [3.8, 4) is 5.75 Å². The molecule has 15 heavy (non-hydrogen) atoms. The van der Waals surface area contributed by atoms with Gasteiger partial charge in [0.2, 0.25) is 5.91 Å². The topological polar surface area (TPSA) is 40.5 Å². The van der Waals surface area contributed by atoms with Crippen LogP contribution in [0.4, 0.5) is 0 Å². The largest absolute Gasteiger partial charge is 0.508 e. The van der Waals surface area contributed by atoms with Crippen LogP contribution in [0.25, 0.3) is 0 Å². The van der Waals surface area contributed by atoms with Crippen molar-refractivity contribution < 1.29 is 9.90 Å². The van der Waals surface area contributed by atoms with Crippen LogP contribution >= 0.6 is 11.6 Å². The van der Waals surface area contributed by atoms with E-state index in [-0.39, 0.29) is 11.7 Å². The zero-order valence-corrected chi connectivity index (χ0v) is 9.58. The second-order valence-electron chi connectivity index (χ2n) is 3.31. The SMILES string of the molecule is CCN(Cc1cc(O)ccc1Cl)C(C)=O. The molecule has 0 aliphatic heterocycles. The van der Waals surface area contributed by atoms with E-state index in [4.69, 9.17) is 11.6 Å². The fraction of sp³-hybridized carbons (Fsp3) is 0.364. The van der Waals surface area contributed by atoms with Crippen LogP contribution in [0.15, 0.2) is 18.2 Å². The van der Waals surface area contributed by atoms with Crippen molar-refractivity contribution >= 4 is 17.5 Å². The normalized spacial score (nSPS) is 10.1. The third-order valence-corrected chi connectivity index (χ3v) is 2.59. The maximum absolute atomic E-state index is 11.2. The Balaban J connectivity index is 2.87. The standard InChI is InChI=1S/C11H14ClNO2/c1-3-13(8(2)14)7-9-6-10(15)4-5-11(9)12/h4-6,15H,3,7H2,1-2H3. The molecule has 0 bridgehead atoms. The first-order chi connectivity index (χ1) is 7.04. The van der Waals surface area contributed by atoms with E-state index in [1.165, 1.54) is 13.0 Å². The van der Waals surface area contributed by atoms with E-state index >= 15 is 0 Å². The van der Waals surface area contributed by atoms with Gasteiger partial charge in [0.15, 0.2) is 0 Å². The van der Waals surface area contributed by atoms with Gasteiger partial charge < -0.3 is 10.0 Å². The Kier molecular flexibility index (Phi) is 3.97. The number of carbonyl (C=O) groups excluding carboxylic acids is 1. The lowest BCUT2D eigenvalue weighted by Gasteiger charge is -2.19. The van der Waals surface area contributed by atoms with Crippen LogP contribution in [-0.2, 0) is 11.3 Å². The van der Waals surface area contributed by atoms with Crippen molar-refractivity contribution in [3.05, 3.63) is 28.8 Å². The van der Waals surface area contributed by atoms with Gasteiger partial charge in [-0.05, 0) is 30.7 Å². The van der Waals surface area contributed by atoms with E-state index in [1.54, 1.807) is 17.0 Å². The molecule has 0 spiro atoms. The fourth-order valence-electron chi connectivity index (χ4n) is 1.33. The number of rotatable bonds is 3. The molecule has 0 saturated heterocycles. The number of aromatic hydroxyl groups is 1. The molecule has 3 nitrogen and oxygen atoms in total. The number of phenolic OH excluding ortho intramolecular Hbond substituents is 1. The molecule has 0 aliphatic carbocycles. The predicted octanol–water partition coefficient (Wildman–Crippen LogP) is 2.41. The molecule has 1 amide bonds.